The van der Waals surface area contributed by atoms with Gasteiger partial charge in [0.1, 0.15) is 24.7 Å². The van der Waals surface area contributed by atoms with E-state index < -0.39 is 28.9 Å². The zero-order valence-electron chi connectivity index (χ0n) is 30.0. The van der Waals surface area contributed by atoms with Gasteiger partial charge in [-0.3, -0.25) is 0 Å². The van der Waals surface area contributed by atoms with Crippen molar-refractivity contribution >= 4 is 28.9 Å². The molecule has 264 valence electrons. The van der Waals surface area contributed by atoms with Crippen molar-refractivity contribution in [3.05, 3.63) is 59.7 Å². The van der Waals surface area contributed by atoms with Crippen LogP contribution in [0.4, 0.5) is 9.59 Å². The van der Waals surface area contributed by atoms with Crippen LogP contribution in [0, 0.1) is 0 Å². The minimum atomic E-state index is -1.72. The molecule has 2 aromatic rings. The molecule has 0 amide bonds. The molecule has 0 unspecified atom stereocenters. The molecule has 2 rings (SSSR count). The molecule has 2 aromatic carbocycles. The van der Waals surface area contributed by atoms with Crippen LogP contribution in [0.15, 0.2) is 48.5 Å². The molecule has 47 heavy (non-hydrogen) atoms. The van der Waals surface area contributed by atoms with E-state index in [-0.39, 0.29) is 18.6 Å². The first kappa shape index (κ1) is 40.5. The Balaban J connectivity index is 1.70. The summed E-state index contributed by atoms with van der Waals surface area (Å²) in [7, 11) is -3.31. The molecule has 0 aliphatic rings. The molecular weight excluding hydrogens is 633 g/mol. The summed E-state index contributed by atoms with van der Waals surface area (Å²) in [5.41, 5.74) is 1.68. The second-order valence-electron chi connectivity index (χ2n) is 13.5. The number of hydrogen-bond donors (Lipinski definition) is 0. The second kappa shape index (κ2) is 20.6. The Bertz CT molecular complexity index is 1180. The Labute approximate surface area is 284 Å². The van der Waals surface area contributed by atoms with Crippen LogP contribution < -0.4 is 9.47 Å². The van der Waals surface area contributed by atoms with Gasteiger partial charge in [0, 0.05) is 18.6 Å². The zero-order chi connectivity index (χ0) is 34.8. The van der Waals surface area contributed by atoms with Crippen molar-refractivity contribution in [3.8, 4) is 11.5 Å². The molecule has 0 aromatic heterocycles. The highest BCUT2D eigenvalue weighted by Crippen LogP contribution is 2.33. The van der Waals surface area contributed by atoms with Gasteiger partial charge >= 0.3 is 12.3 Å². The summed E-state index contributed by atoms with van der Waals surface area (Å²) in [5.74, 6) is 0.791. The Morgan fingerprint density at radius 3 is 1.40 bits per heavy atom. The van der Waals surface area contributed by atoms with Crippen LogP contribution in [-0.4, -0.2) is 68.6 Å². The van der Waals surface area contributed by atoms with Crippen LogP contribution in [0.5, 0.6) is 11.5 Å². The van der Waals surface area contributed by atoms with Gasteiger partial charge < -0.3 is 32.5 Å². The number of unbranched alkanes of at least 4 members (excludes halogenated alkanes) is 2. The summed E-state index contributed by atoms with van der Waals surface area (Å²) in [6.07, 6.45) is 3.90. The molecule has 11 heteroatoms. The van der Waals surface area contributed by atoms with E-state index in [4.69, 9.17) is 32.5 Å². The molecule has 9 nitrogen and oxygen atoms in total. The lowest BCUT2D eigenvalue weighted by molar-refractivity contribution is 0.0511. The van der Waals surface area contributed by atoms with Gasteiger partial charge in [-0.25, -0.2) is 9.59 Å². The quantitative estimate of drug-likeness (QED) is 0.0518. The summed E-state index contributed by atoms with van der Waals surface area (Å²) in [6, 6.07) is 16.9. The lowest BCUT2D eigenvalue weighted by atomic mass is 9.78. The van der Waals surface area contributed by atoms with Crippen molar-refractivity contribution in [2.45, 2.75) is 103 Å². The number of carbonyl (C=O) groups is 2. The van der Waals surface area contributed by atoms with Crippen LogP contribution in [0.1, 0.15) is 70.9 Å². The molecule has 0 N–H and O–H groups in total. The summed E-state index contributed by atoms with van der Waals surface area (Å²) in [6.45, 7) is 19.9. The average Bonchev–Trinajstić information content (AvgIpc) is 3.01. The van der Waals surface area contributed by atoms with Crippen molar-refractivity contribution in [2.24, 2.45) is 0 Å². The third-order valence-electron chi connectivity index (χ3n) is 7.84. The van der Waals surface area contributed by atoms with Crippen LogP contribution in [0.2, 0.25) is 38.3 Å². The van der Waals surface area contributed by atoms with E-state index in [9.17, 15) is 9.59 Å². The normalized spacial score (nSPS) is 12.1. The number of benzene rings is 2. The maximum absolute atomic E-state index is 12.2. The molecule has 0 aliphatic heterocycles. The number of ether oxygens (including phenoxy) is 6. The van der Waals surface area contributed by atoms with Gasteiger partial charge in [-0.15, -0.1) is 0 Å². The highest BCUT2D eigenvalue weighted by molar-refractivity contribution is 6.84. The van der Waals surface area contributed by atoms with E-state index >= 15 is 0 Å². The number of hydrogen-bond acceptors (Lipinski definition) is 9. The molecule has 0 heterocycles. The van der Waals surface area contributed by atoms with E-state index in [1.807, 2.05) is 24.3 Å². The molecule has 0 saturated carbocycles. The molecule has 0 fully saturated rings. The maximum Gasteiger partial charge on any atom is 0.513 e. The summed E-state index contributed by atoms with van der Waals surface area (Å²) < 4.78 is 38.6. The van der Waals surface area contributed by atoms with Gasteiger partial charge in [0.05, 0.1) is 13.2 Å². The predicted molar refractivity (Wildman–Crippen MR) is 191 cm³/mol. The Hall–Kier alpha value is -2.71. The third-order valence-corrected chi connectivity index (χ3v) is 15.4. The second-order valence-corrected chi connectivity index (χ2v) is 22.3. The first-order chi connectivity index (χ1) is 22.3. The van der Waals surface area contributed by atoms with Crippen molar-refractivity contribution in [2.75, 3.05) is 39.6 Å². The highest BCUT2D eigenvalue weighted by atomic mass is 28.4. The molecule has 0 aliphatic carbocycles. The fourth-order valence-corrected chi connectivity index (χ4v) is 14.2. The van der Waals surface area contributed by atoms with Crippen molar-refractivity contribution < 1.29 is 42.1 Å². The molecule has 0 bridgehead atoms. The molecule has 0 radical (unpaired) electrons. The fourth-order valence-electron chi connectivity index (χ4n) is 5.17. The van der Waals surface area contributed by atoms with E-state index in [0.717, 1.165) is 36.4 Å². The average molecular weight is 691 g/mol. The van der Waals surface area contributed by atoms with E-state index in [1.54, 1.807) is 24.3 Å². The van der Waals surface area contributed by atoms with Crippen LogP contribution in [-0.2, 0) is 28.5 Å². The van der Waals surface area contributed by atoms with Gasteiger partial charge in [0.2, 0.25) is 0 Å². The number of carbonyl (C=O) groups excluding carboxylic acids is 2. The zero-order valence-corrected chi connectivity index (χ0v) is 32.0. The first-order valence-corrected chi connectivity index (χ1v) is 23.3. The minimum Gasteiger partial charge on any atom is -0.455 e. The SMILES string of the molecule is CCCCOCCOC(=O)Oc1ccc(C(C)(C)c2ccc(OC(=O)OCCOCCC[Si](C)(C)O[Si](C)(C)CCCC)cc2)cc1. The van der Waals surface area contributed by atoms with Gasteiger partial charge in [-0.1, -0.05) is 71.2 Å². The molecule has 0 saturated heterocycles. The summed E-state index contributed by atoms with van der Waals surface area (Å²) >= 11 is 0. The van der Waals surface area contributed by atoms with Crippen molar-refractivity contribution in [1.82, 2.24) is 0 Å². The number of rotatable bonds is 22. The van der Waals surface area contributed by atoms with E-state index in [0.29, 0.717) is 37.9 Å². The molecular formula is C36H58O9Si2. The smallest absolute Gasteiger partial charge is 0.455 e. The fraction of sp³-hybridized carbons (Fsp3) is 0.611. The van der Waals surface area contributed by atoms with Crippen LogP contribution in [0.25, 0.3) is 0 Å². The monoisotopic (exact) mass is 690 g/mol. The van der Waals surface area contributed by atoms with E-state index in [2.05, 4.69) is 53.9 Å². The maximum atomic E-state index is 12.2. The molecule has 0 spiro atoms. The lowest BCUT2D eigenvalue weighted by Crippen LogP contribution is -2.44. The summed E-state index contributed by atoms with van der Waals surface area (Å²) in [5, 5.41) is 0. The Kier molecular flexibility index (Phi) is 17.7. The minimum absolute atomic E-state index is 0.128. The third kappa shape index (κ3) is 16.3. The van der Waals surface area contributed by atoms with E-state index in [1.165, 1.54) is 18.9 Å². The Morgan fingerprint density at radius 1 is 0.574 bits per heavy atom. The molecule has 0 atom stereocenters. The van der Waals surface area contributed by atoms with Crippen molar-refractivity contribution in [3.63, 3.8) is 0 Å². The predicted octanol–water partition coefficient (Wildman–Crippen LogP) is 9.49. The first-order valence-electron chi connectivity index (χ1n) is 17.0. The van der Waals surface area contributed by atoms with Gasteiger partial charge in [-0.05, 0) is 86.5 Å². The van der Waals surface area contributed by atoms with Gasteiger partial charge in [0.25, 0.3) is 0 Å². The van der Waals surface area contributed by atoms with Gasteiger partial charge in [-0.2, -0.15) is 0 Å². The topological polar surface area (TPSA) is 98.8 Å². The van der Waals surface area contributed by atoms with Crippen LogP contribution in [0.3, 0.4) is 0 Å². The van der Waals surface area contributed by atoms with Gasteiger partial charge in [0.15, 0.2) is 16.6 Å². The Morgan fingerprint density at radius 2 is 0.979 bits per heavy atom. The highest BCUT2D eigenvalue weighted by Gasteiger charge is 2.32. The van der Waals surface area contributed by atoms with Crippen molar-refractivity contribution in [1.29, 1.82) is 0 Å². The van der Waals surface area contributed by atoms with Crippen LogP contribution >= 0.6 is 0 Å². The lowest BCUT2D eigenvalue weighted by Gasteiger charge is -2.34. The summed E-state index contributed by atoms with van der Waals surface area (Å²) in [4.78, 5) is 24.2. The largest absolute Gasteiger partial charge is 0.513 e. The standard InChI is InChI=1S/C36H58O9Si2/c1-9-11-22-39-24-26-41-34(37)43-32-18-14-30(15-19-32)36(3,4)31-16-20-33(21-17-31)44-35(38)42-27-25-40-23-13-29-47(7,8)45-46(5,6)28-12-10-2/h14-21H,9-13,22-29H2,1-8H3.